The van der Waals surface area contributed by atoms with E-state index in [1.165, 1.54) is 15.9 Å². The molecule has 0 bridgehead atoms. The number of nitrogens with one attached hydrogen (secondary N) is 1. The fourth-order valence-corrected chi connectivity index (χ4v) is 4.01. The highest BCUT2D eigenvalue weighted by Crippen LogP contribution is 2.33. The van der Waals surface area contributed by atoms with Crippen molar-refractivity contribution >= 4 is 68.8 Å². The Kier molecular flexibility index (Phi) is 4.85. The number of hydrogen-bond donors (Lipinski definition) is 2. The number of fused-ring (bicyclic) bond motifs is 1. The van der Waals surface area contributed by atoms with E-state index in [0.29, 0.717) is 26.5 Å². The second-order valence-corrected chi connectivity index (χ2v) is 7.68. The number of nitrogens with two attached hydrogens (primary N) is 1. The van der Waals surface area contributed by atoms with E-state index in [9.17, 15) is 9.59 Å². The molecule has 0 saturated heterocycles. The van der Waals surface area contributed by atoms with Crippen LogP contribution in [0, 0.1) is 0 Å². The quantitative estimate of drug-likeness (QED) is 0.449. The second-order valence-electron chi connectivity index (χ2n) is 5.95. The van der Waals surface area contributed by atoms with Crippen molar-refractivity contribution in [3.8, 4) is 0 Å². The summed E-state index contributed by atoms with van der Waals surface area (Å²) in [5.74, 6) is -0.700. The van der Waals surface area contributed by atoms with Crippen molar-refractivity contribution in [1.29, 1.82) is 0 Å². The fraction of sp³-hybridized carbons (Fsp3) is 0. The van der Waals surface area contributed by atoms with Crippen LogP contribution in [0.5, 0.6) is 0 Å². The van der Waals surface area contributed by atoms with Crippen LogP contribution < -0.4 is 11.1 Å². The minimum Gasteiger partial charge on any atom is -0.384 e. The lowest BCUT2D eigenvalue weighted by Crippen LogP contribution is -2.17. The number of nitrogens with zero attached hydrogens (tertiary/aromatic N) is 1. The van der Waals surface area contributed by atoms with E-state index < -0.39 is 5.91 Å². The van der Waals surface area contributed by atoms with Crippen LogP contribution in [0.25, 0.3) is 10.9 Å². The summed E-state index contributed by atoms with van der Waals surface area (Å²) in [6, 6.07) is 15.5. The Labute approximate surface area is 174 Å². The molecule has 0 aliphatic carbocycles. The molecular weight excluding hydrogens is 417 g/mol. The van der Waals surface area contributed by atoms with E-state index in [4.69, 9.17) is 28.9 Å². The van der Waals surface area contributed by atoms with Gasteiger partial charge in [-0.15, -0.1) is 11.3 Å². The van der Waals surface area contributed by atoms with Crippen molar-refractivity contribution in [2.45, 2.75) is 0 Å². The largest absolute Gasteiger partial charge is 0.384 e. The van der Waals surface area contributed by atoms with Gasteiger partial charge in [0.05, 0.1) is 31.7 Å². The van der Waals surface area contributed by atoms with E-state index in [0.717, 1.165) is 0 Å². The number of carbonyl (C=O) groups is 2. The molecule has 0 atom stereocenters. The molecule has 2 aromatic heterocycles. The average molecular weight is 430 g/mol. The van der Waals surface area contributed by atoms with E-state index in [2.05, 4.69) is 5.32 Å². The average Bonchev–Trinajstić information content (AvgIpc) is 3.31. The van der Waals surface area contributed by atoms with Gasteiger partial charge < -0.3 is 11.1 Å². The summed E-state index contributed by atoms with van der Waals surface area (Å²) in [6.07, 6.45) is 0. The van der Waals surface area contributed by atoms with Crippen molar-refractivity contribution in [3.05, 3.63) is 80.5 Å². The number of carbonyl (C=O) groups excluding carboxylic acids is 2. The zero-order valence-electron chi connectivity index (χ0n) is 14.3. The molecule has 4 aromatic rings. The van der Waals surface area contributed by atoms with Crippen molar-refractivity contribution in [2.75, 3.05) is 11.1 Å². The van der Waals surface area contributed by atoms with Gasteiger partial charge in [0.15, 0.2) is 0 Å². The van der Waals surface area contributed by atoms with E-state index in [1.54, 1.807) is 54.6 Å². The molecule has 0 fully saturated rings. The molecule has 0 unspecified atom stereocenters. The van der Waals surface area contributed by atoms with Crippen LogP contribution >= 0.6 is 34.5 Å². The third-order valence-electron chi connectivity index (χ3n) is 4.27. The number of aromatic nitrogens is 1. The molecule has 0 radical (unpaired) electrons. The molecule has 2 heterocycles. The van der Waals surface area contributed by atoms with Gasteiger partial charge in [-0.3, -0.25) is 14.2 Å². The van der Waals surface area contributed by atoms with Gasteiger partial charge in [-0.05, 0) is 29.6 Å². The molecule has 8 heteroatoms. The second kappa shape index (κ2) is 7.31. The Hall–Kier alpha value is -2.80. The Morgan fingerprint density at radius 1 is 1.00 bits per heavy atom. The van der Waals surface area contributed by atoms with Crippen molar-refractivity contribution in [2.24, 2.45) is 0 Å². The lowest BCUT2D eigenvalue weighted by molar-refractivity contribution is 0.0971. The van der Waals surface area contributed by atoms with Gasteiger partial charge in [0.25, 0.3) is 11.8 Å². The van der Waals surface area contributed by atoms with Gasteiger partial charge >= 0.3 is 0 Å². The topological polar surface area (TPSA) is 77.1 Å². The van der Waals surface area contributed by atoms with Gasteiger partial charge in [-0.2, -0.15) is 0 Å². The normalized spacial score (nSPS) is 10.9. The summed E-state index contributed by atoms with van der Waals surface area (Å²) in [4.78, 5) is 26.5. The molecule has 0 saturated carbocycles. The SMILES string of the molecule is Nc1c(C(=O)Nc2cccc(Cl)c2Cl)c2ccccc2n1C(=O)c1cccs1. The summed E-state index contributed by atoms with van der Waals surface area (Å²) in [7, 11) is 0. The first-order valence-electron chi connectivity index (χ1n) is 8.21. The van der Waals surface area contributed by atoms with Crippen LogP contribution in [-0.2, 0) is 0 Å². The van der Waals surface area contributed by atoms with Crippen LogP contribution in [0.4, 0.5) is 11.5 Å². The number of thiophene rings is 1. The standard InChI is InChI=1S/C20H13Cl2N3O2S/c21-12-6-3-7-13(17(12)22)24-19(26)16-11-5-1-2-8-14(11)25(18(16)23)20(27)15-9-4-10-28-15/h1-10H,23H2,(H,24,26). The number of halogens is 2. The van der Waals surface area contributed by atoms with Gasteiger partial charge in [0, 0.05) is 5.39 Å². The smallest absolute Gasteiger partial charge is 0.274 e. The number of benzene rings is 2. The van der Waals surface area contributed by atoms with Crippen molar-refractivity contribution < 1.29 is 9.59 Å². The van der Waals surface area contributed by atoms with Crippen LogP contribution in [-0.4, -0.2) is 16.4 Å². The molecule has 5 nitrogen and oxygen atoms in total. The van der Waals surface area contributed by atoms with E-state index in [-0.39, 0.29) is 22.3 Å². The first-order chi connectivity index (χ1) is 13.5. The first kappa shape index (κ1) is 18.6. The summed E-state index contributed by atoms with van der Waals surface area (Å²) < 4.78 is 1.36. The van der Waals surface area contributed by atoms with E-state index in [1.807, 2.05) is 5.38 Å². The highest BCUT2D eigenvalue weighted by molar-refractivity contribution is 7.12. The van der Waals surface area contributed by atoms with Gasteiger partial charge in [-0.25, -0.2) is 0 Å². The van der Waals surface area contributed by atoms with Gasteiger partial charge in [-0.1, -0.05) is 53.5 Å². The molecule has 4 rings (SSSR count). The Morgan fingerprint density at radius 3 is 2.54 bits per heavy atom. The molecule has 140 valence electrons. The highest BCUT2D eigenvalue weighted by atomic mass is 35.5. The molecule has 0 spiro atoms. The molecule has 3 N–H and O–H groups in total. The number of hydrogen-bond acceptors (Lipinski definition) is 4. The molecule has 28 heavy (non-hydrogen) atoms. The molecule has 2 aromatic carbocycles. The zero-order chi connectivity index (χ0) is 19.8. The van der Waals surface area contributed by atoms with E-state index >= 15 is 0 Å². The monoisotopic (exact) mass is 429 g/mol. The maximum absolute atomic E-state index is 13.0. The predicted molar refractivity (Wildman–Crippen MR) is 115 cm³/mol. The lowest BCUT2D eigenvalue weighted by atomic mass is 10.1. The minimum absolute atomic E-state index is 0.0650. The first-order valence-corrected chi connectivity index (χ1v) is 9.85. The molecule has 0 aliphatic heterocycles. The maximum atomic E-state index is 13.0. The van der Waals surface area contributed by atoms with Gasteiger partial charge in [0.1, 0.15) is 5.82 Å². The van der Waals surface area contributed by atoms with Gasteiger partial charge in [0.2, 0.25) is 0 Å². The zero-order valence-corrected chi connectivity index (χ0v) is 16.6. The predicted octanol–water partition coefficient (Wildman–Crippen LogP) is 5.53. The fourth-order valence-electron chi connectivity index (χ4n) is 3.01. The Balaban J connectivity index is 1.84. The summed E-state index contributed by atoms with van der Waals surface area (Å²) in [6.45, 7) is 0. The Bertz CT molecular complexity index is 1220. The number of anilines is 2. The Morgan fingerprint density at radius 2 is 1.79 bits per heavy atom. The van der Waals surface area contributed by atoms with Crippen LogP contribution in [0.2, 0.25) is 10.0 Å². The minimum atomic E-state index is -0.476. The maximum Gasteiger partial charge on any atom is 0.274 e. The molecule has 1 amide bonds. The van der Waals surface area contributed by atoms with Crippen molar-refractivity contribution in [3.63, 3.8) is 0 Å². The highest BCUT2D eigenvalue weighted by Gasteiger charge is 2.25. The van der Waals surface area contributed by atoms with Crippen molar-refractivity contribution in [1.82, 2.24) is 4.57 Å². The summed E-state index contributed by atoms with van der Waals surface area (Å²) in [5, 5.41) is 5.66. The molecular formula is C20H13Cl2N3O2S. The third kappa shape index (κ3) is 3.05. The number of amides is 1. The lowest BCUT2D eigenvalue weighted by Gasteiger charge is -2.09. The molecule has 0 aliphatic rings. The number of para-hydroxylation sites is 1. The van der Waals surface area contributed by atoms with Crippen LogP contribution in [0.15, 0.2) is 60.0 Å². The summed E-state index contributed by atoms with van der Waals surface area (Å²) >= 11 is 13.5. The number of rotatable bonds is 3. The summed E-state index contributed by atoms with van der Waals surface area (Å²) in [5.41, 5.74) is 7.39. The third-order valence-corrected chi connectivity index (χ3v) is 5.95. The van der Waals surface area contributed by atoms with Crippen LogP contribution in [0.1, 0.15) is 20.0 Å². The number of nitrogen functional groups attached to an aromatic ring is 1. The van der Waals surface area contributed by atoms with Crippen LogP contribution in [0.3, 0.4) is 0 Å².